The number of hydrogen-bond donors (Lipinski definition) is 1. The van der Waals surface area contributed by atoms with Gasteiger partial charge in [0, 0.05) is 18.3 Å². The highest BCUT2D eigenvalue weighted by molar-refractivity contribution is 5.73. The third-order valence-corrected chi connectivity index (χ3v) is 5.49. The molecule has 10 heteroatoms. The van der Waals surface area contributed by atoms with Crippen molar-refractivity contribution < 1.29 is 18.4 Å². The van der Waals surface area contributed by atoms with Crippen molar-refractivity contribution in [2.75, 3.05) is 38.0 Å². The summed E-state index contributed by atoms with van der Waals surface area (Å²) in [4.78, 5) is 15.6. The van der Waals surface area contributed by atoms with Gasteiger partial charge < -0.3 is 19.5 Å². The van der Waals surface area contributed by atoms with E-state index in [1.165, 1.54) is 17.2 Å². The Hall–Kier alpha value is -3.48. The molecule has 0 radical (unpaired) electrons. The first-order valence-corrected chi connectivity index (χ1v) is 9.69. The summed E-state index contributed by atoms with van der Waals surface area (Å²) in [6.07, 6.45) is 11.2. The highest BCUT2D eigenvalue weighted by atomic mass is 19.1. The monoisotopic (exact) mass is 414 g/mol. The number of anilines is 1. The number of hydrogen-bond acceptors (Lipinski definition) is 8. The molecule has 1 aliphatic carbocycles. The van der Waals surface area contributed by atoms with Crippen LogP contribution in [0.4, 0.5) is 15.0 Å². The predicted octanol–water partition coefficient (Wildman–Crippen LogP) is 2.00. The van der Waals surface area contributed by atoms with Gasteiger partial charge in [0.1, 0.15) is 24.5 Å². The summed E-state index contributed by atoms with van der Waals surface area (Å²) < 4.78 is 25.3. The van der Waals surface area contributed by atoms with Crippen LogP contribution in [0.5, 0.6) is 0 Å². The molecule has 0 bridgehead atoms. The molecule has 1 aromatic rings. The summed E-state index contributed by atoms with van der Waals surface area (Å²) in [5.74, 6) is 2.79. The van der Waals surface area contributed by atoms with E-state index in [9.17, 15) is 4.79 Å². The van der Waals surface area contributed by atoms with E-state index in [1.54, 1.807) is 17.4 Å². The number of ether oxygens (including phenoxy) is 1. The molecule has 0 saturated carbocycles. The van der Waals surface area contributed by atoms with Gasteiger partial charge in [-0.3, -0.25) is 9.91 Å². The third kappa shape index (κ3) is 3.83. The van der Waals surface area contributed by atoms with Gasteiger partial charge in [0.15, 0.2) is 5.82 Å². The van der Waals surface area contributed by atoms with Crippen molar-refractivity contribution in [3.05, 3.63) is 36.0 Å². The smallest absolute Gasteiger partial charge is 0.414 e. The molecule has 1 amide bonds. The van der Waals surface area contributed by atoms with Crippen molar-refractivity contribution in [2.24, 2.45) is 5.10 Å². The summed E-state index contributed by atoms with van der Waals surface area (Å²) in [6.45, 7) is 4.17. The number of amides is 1. The quantitative estimate of drug-likeness (QED) is 0.713. The number of nitrogens with one attached hydrogen (secondary N) is 1. The lowest BCUT2D eigenvalue weighted by Gasteiger charge is -2.43. The van der Waals surface area contributed by atoms with Gasteiger partial charge in [-0.25, -0.2) is 9.18 Å². The topological polar surface area (TPSA) is 86.4 Å². The minimum Gasteiger partial charge on any atom is -0.442 e. The number of aromatic nitrogens is 1. The fourth-order valence-electron chi connectivity index (χ4n) is 3.62. The molecular formula is C20H23FN6O3. The number of hydrazone groups is 1. The molecule has 30 heavy (non-hydrogen) atoms. The Bertz CT molecular complexity index is 921. The van der Waals surface area contributed by atoms with Gasteiger partial charge in [-0.1, -0.05) is 17.2 Å². The average Bonchev–Trinajstić information content (AvgIpc) is 3.39. The van der Waals surface area contributed by atoms with E-state index in [2.05, 4.69) is 21.5 Å². The van der Waals surface area contributed by atoms with Gasteiger partial charge in [0.2, 0.25) is 0 Å². The van der Waals surface area contributed by atoms with Crippen LogP contribution in [0, 0.1) is 12.3 Å². The van der Waals surface area contributed by atoms with Crippen LogP contribution in [0.25, 0.3) is 0 Å². The molecule has 2 unspecified atom stereocenters. The zero-order chi connectivity index (χ0) is 21.1. The minimum absolute atomic E-state index is 0.322. The van der Waals surface area contributed by atoms with E-state index in [1.807, 2.05) is 17.9 Å². The summed E-state index contributed by atoms with van der Waals surface area (Å²) in [7, 11) is 0. The Morgan fingerprint density at radius 2 is 2.33 bits per heavy atom. The van der Waals surface area contributed by atoms with Crippen LogP contribution in [0.15, 0.2) is 45.6 Å². The van der Waals surface area contributed by atoms with E-state index >= 15 is 4.39 Å². The van der Waals surface area contributed by atoms with Crippen LogP contribution in [-0.2, 0) is 4.74 Å². The van der Waals surface area contributed by atoms with Gasteiger partial charge in [-0.15, -0.1) is 6.42 Å². The molecule has 2 aliphatic heterocycles. The zero-order valence-corrected chi connectivity index (χ0v) is 16.6. The SMILES string of the molecule is C#CCN1CCN(C2(C)CC=C(N3CC(CNc4ccon4)OC3=O)C=C2F)C=N1. The number of allylic oxidation sites excluding steroid dienone is 1. The van der Waals surface area contributed by atoms with Crippen LogP contribution in [0.3, 0.4) is 0 Å². The molecule has 158 valence electrons. The molecule has 3 aliphatic rings. The summed E-state index contributed by atoms with van der Waals surface area (Å²) in [6, 6.07) is 1.67. The fourth-order valence-corrected chi connectivity index (χ4v) is 3.62. The minimum atomic E-state index is -0.854. The van der Waals surface area contributed by atoms with Crippen molar-refractivity contribution in [1.82, 2.24) is 20.0 Å². The van der Waals surface area contributed by atoms with Crippen molar-refractivity contribution in [1.29, 1.82) is 0 Å². The molecule has 9 nitrogen and oxygen atoms in total. The Morgan fingerprint density at radius 3 is 3.00 bits per heavy atom. The molecular weight excluding hydrogens is 391 g/mol. The Kier molecular flexibility index (Phi) is 5.35. The van der Waals surface area contributed by atoms with E-state index in [-0.39, 0.29) is 11.9 Å². The molecule has 1 N–H and O–H groups in total. The van der Waals surface area contributed by atoms with E-state index in [0.717, 1.165) is 0 Å². The molecule has 1 saturated heterocycles. The first-order valence-electron chi connectivity index (χ1n) is 9.69. The zero-order valence-electron chi connectivity index (χ0n) is 16.6. The number of carbonyl (C=O) groups is 1. The van der Waals surface area contributed by atoms with Crippen molar-refractivity contribution >= 4 is 18.2 Å². The number of carbonyl (C=O) groups excluding carboxylic acids is 1. The van der Waals surface area contributed by atoms with E-state index < -0.39 is 11.6 Å². The second kappa shape index (κ2) is 8.10. The normalized spacial score (nSPS) is 26.2. The predicted molar refractivity (Wildman–Crippen MR) is 108 cm³/mol. The largest absolute Gasteiger partial charge is 0.442 e. The summed E-state index contributed by atoms with van der Waals surface area (Å²) in [5, 5.41) is 12.8. The average molecular weight is 414 g/mol. The van der Waals surface area contributed by atoms with Gasteiger partial charge in [-0.05, 0) is 19.4 Å². The second-order valence-electron chi connectivity index (χ2n) is 7.50. The molecule has 4 rings (SSSR count). The van der Waals surface area contributed by atoms with E-state index in [0.29, 0.717) is 50.7 Å². The lowest BCUT2D eigenvalue weighted by atomic mass is 9.88. The Labute approximate surface area is 173 Å². The van der Waals surface area contributed by atoms with Gasteiger partial charge in [0.05, 0.1) is 31.7 Å². The highest BCUT2D eigenvalue weighted by Crippen LogP contribution is 2.36. The van der Waals surface area contributed by atoms with E-state index in [4.69, 9.17) is 15.7 Å². The third-order valence-electron chi connectivity index (χ3n) is 5.49. The summed E-state index contributed by atoms with van der Waals surface area (Å²) in [5.41, 5.74) is -0.353. The molecule has 0 aromatic carbocycles. The van der Waals surface area contributed by atoms with Crippen LogP contribution >= 0.6 is 0 Å². The second-order valence-corrected chi connectivity index (χ2v) is 7.50. The standard InChI is InChI=1S/C20H23FN6O3/c1-3-7-26-9-8-25(14-23-26)20(2)6-4-15(11-17(20)21)27-13-16(30-19(27)28)12-22-18-5-10-29-24-18/h1,4-5,10-11,14,16H,6-9,12-13H2,2H3,(H,22,24). The van der Waals surface area contributed by atoms with Gasteiger partial charge >= 0.3 is 6.09 Å². The van der Waals surface area contributed by atoms with Crippen LogP contribution in [0.2, 0.25) is 0 Å². The number of halogens is 1. The molecule has 1 fully saturated rings. The Balaban J connectivity index is 1.39. The number of rotatable bonds is 6. The van der Waals surface area contributed by atoms with Crippen molar-refractivity contribution in [2.45, 2.75) is 25.0 Å². The number of terminal acetylenes is 1. The number of nitrogens with zero attached hydrogens (tertiary/aromatic N) is 5. The Morgan fingerprint density at radius 1 is 1.47 bits per heavy atom. The maximum absolute atomic E-state index is 15.2. The van der Waals surface area contributed by atoms with Crippen LogP contribution in [0.1, 0.15) is 13.3 Å². The number of cyclic esters (lactones) is 1. The maximum atomic E-state index is 15.2. The molecule has 0 spiro atoms. The highest BCUT2D eigenvalue weighted by Gasteiger charge is 2.41. The van der Waals surface area contributed by atoms with Gasteiger partial charge in [0.25, 0.3) is 0 Å². The van der Waals surface area contributed by atoms with Gasteiger partial charge in [-0.2, -0.15) is 5.10 Å². The molecule has 1 aromatic heterocycles. The summed E-state index contributed by atoms with van der Waals surface area (Å²) >= 11 is 0. The van der Waals surface area contributed by atoms with Crippen LogP contribution < -0.4 is 5.32 Å². The maximum Gasteiger partial charge on any atom is 0.414 e. The lowest BCUT2D eigenvalue weighted by molar-refractivity contribution is 0.138. The van der Waals surface area contributed by atoms with Crippen LogP contribution in [-0.4, -0.2) is 76.8 Å². The van der Waals surface area contributed by atoms with Crippen molar-refractivity contribution in [3.8, 4) is 12.3 Å². The fraction of sp³-hybridized carbons (Fsp3) is 0.450. The first kappa shape index (κ1) is 19.8. The molecule has 3 heterocycles. The first-order chi connectivity index (χ1) is 14.5. The lowest BCUT2D eigenvalue weighted by Crippen LogP contribution is -2.52. The molecule has 2 atom stereocenters. The van der Waals surface area contributed by atoms with Crippen molar-refractivity contribution in [3.63, 3.8) is 0 Å².